The fraction of sp³-hybridized carbons (Fsp3) is 0.333. The number of carbonyl (C=O) groups is 1. The third-order valence-electron chi connectivity index (χ3n) is 4.29. The first-order valence-electron chi connectivity index (χ1n) is 8.61. The van der Waals surface area contributed by atoms with Gasteiger partial charge in [0.15, 0.2) is 6.61 Å². The van der Waals surface area contributed by atoms with Crippen LogP contribution in [-0.2, 0) is 4.79 Å². The van der Waals surface area contributed by atoms with Crippen LogP contribution in [0.2, 0.25) is 0 Å². The first-order valence-corrected chi connectivity index (χ1v) is 8.61. The largest absolute Gasteiger partial charge is 0.496 e. The normalized spacial score (nSPS) is 11.0. The Kier molecular flexibility index (Phi) is 6.78. The quantitative estimate of drug-likeness (QED) is 0.605. The van der Waals surface area contributed by atoms with Crippen LogP contribution in [0.15, 0.2) is 41.5 Å². The van der Waals surface area contributed by atoms with E-state index in [0.29, 0.717) is 5.92 Å². The van der Waals surface area contributed by atoms with Crippen molar-refractivity contribution in [3.8, 4) is 11.5 Å². The molecule has 0 atom stereocenters. The molecular formula is C21H26N2O3. The monoisotopic (exact) mass is 354 g/mol. The molecule has 0 aromatic heterocycles. The lowest BCUT2D eigenvalue weighted by Gasteiger charge is -2.13. The molecule has 0 bridgehead atoms. The molecule has 0 fully saturated rings. The summed E-state index contributed by atoms with van der Waals surface area (Å²) in [6.45, 7) is 8.08. The van der Waals surface area contributed by atoms with Crippen LogP contribution in [0, 0.1) is 13.8 Å². The van der Waals surface area contributed by atoms with Crippen molar-refractivity contribution in [2.75, 3.05) is 13.7 Å². The van der Waals surface area contributed by atoms with E-state index in [1.54, 1.807) is 13.3 Å². The summed E-state index contributed by atoms with van der Waals surface area (Å²) in [5.41, 5.74) is 6.61. The van der Waals surface area contributed by atoms with Crippen molar-refractivity contribution in [2.45, 2.75) is 33.6 Å². The molecular weight excluding hydrogens is 328 g/mol. The minimum absolute atomic E-state index is 0.0817. The first-order chi connectivity index (χ1) is 12.4. The van der Waals surface area contributed by atoms with E-state index in [0.717, 1.165) is 33.8 Å². The van der Waals surface area contributed by atoms with Crippen molar-refractivity contribution in [3.05, 3.63) is 58.7 Å². The van der Waals surface area contributed by atoms with Crippen molar-refractivity contribution < 1.29 is 14.3 Å². The molecule has 26 heavy (non-hydrogen) atoms. The molecule has 0 aliphatic heterocycles. The SMILES string of the molecule is COc1ccc(/C=N/NC(=O)COc2ccccc2C(C)C)c(C)c1C. The van der Waals surface area contributed by atoms with Crippen LogP contribution in [-0.4, -0.2) is 25.8 Å². The third kappa shape index (κ3) is 4.85. The van der Waals surface area contributed by atoms with Crippen molar-refractivity contribution in [2.24, 2.45) is 5.10 Å². The van der Waals surface area contributed by atoms with Crippen molar-refractivity contribution in [1.82, 2.24) is 5.43 Å². The summed E-state index contributed by atoms with van der Waals surface area (Å²) < 4.78 is 10.9. The molecule has 2 aromatic carbocycles. The molecule has 2 aromatic rings. The highest BCUT2D eigenvalue weighted by molar-refractivity contribution is 5.85. The van der Waals surface area contributed by atoms with E-state index in [4.69, 9.17) is 9.47 Å². The maximum atomic E-state index is 12.0. The molecule has 1 amide bonds. The predicted octanol–water partition coefficient (Wildman–Crippen LogP) is 3.96. The van der Waals surface area contributed by atoms with E-state index in [1.807, 2.05) is 50.2 Å². The number of nitrogens with one attached hydrogen (secondary N) is 1. The number of nitrogens with zero attached hydrogens (tertiary/aromatic N) is 1. The van der Waals surface area contributed by atoms with Crippen LogP contribution in [0.3, 0.4) is 0 Å². The van der Waals surface area contributed by atoms with Gasteiger partial charge in [0, 0.05) is 0 Å². The summed E-state index contributed by atoms with van der Waals surface area (Å²) in [5.74, 6) is 1.58. The number of hydrazone groups is 1. The van der Waals surface area contributed by atoms with Crippen LogP contribution >= 0.6 is 0 Å². The van der Waals surface area contributed by atoms with E-state index in [2.05, 4.69) is 24.4 Å². The van der Waals surface area contributed by atoms with Crippen LogP contribution in [0.5, 0.6) is 11.5 Å². The Morgan fingerprint density at radius 1 is 1.12 bits per heavy atom. The topological polar surface area (TPSA) is 59.9 Å². The van der Waals surface area contributed by atoms with Gasteiger partial charge in [-0.25, -0.2) is 5.43 Å². The highest BCUT2D eigenvalue weighted by Gasteiger charge is 2.09. The Morgan fingerprint density at radius 2 is 1.85 bits per heavy atom. The number of methoxy groups -OCH3 is 1. The van der Waals surface area contributed by atoms with Crippen LogP contribution < -0.4 is 14.9 Å². The lowest BCUT2D eigenvalue weighted by Crippen LogP contribution is -2.25. The van der Waals surface area contributed by atoms with E-state index in [9.17, 15) is 4.79 Å². The molecule has 1 N–H and O–H groups in total. The molecule has 0 unspecified atom stereocenters. The fourth-order valence-electron chi connectivity index (χ4n) is 2.62. The number of hydrogen-bond acceptors (Lipinski definition) is 4. The van der Waals surface area contributed by atoms with Crippen LogP contribution in [0.1, 0.15) is 42.0 Å². The van der Waals surface area contributed by atoms with Crippen molar-refractivity contribution >= 4 is 12.1 Å². The van der Waals surface area contributed by atoms with Crippen molar-refractivity contribution in [3.63, 3.8) is 0 Å². The zero-order valence-corrected chi connectivity index (χ0v) is 16.0. The maximum absolute atomic E-state index is 12.0. The fourth-order valence-corrected chi connectivity index (χ4v) is 2.62. The second-order valence-electron chi connectivity index (χ2n) is 6.38. The smallest absolute Gasteiger partial charge is 0.277 e. The van der Waals surface area contributed by atoms with Gasteiger partial charge in [-0.1, -0.05) is 32.0 Å². The molecule has 0 saturated carbocycles. The van der Waals surface area contributed by atoms with Gasteiger partial charge in [-0.15, -0.1) is 0 Å². The summed E-state index contributed by atoms with van der Waals surface area (Å²) >= 11 is 0. The molecule has 0 heterocycles. The lowest BCUT2D eigenvalue weighted by atomic mass is 10.0. The summed E-state index contributed by atoms with van der Waals surface area (Å²) in [6.07, 6.45) is 1.63. The molecule has 5 heteroatoms. The average molecular weight is 354 g/mol. The second kappa shape index (κ2) is 9.04. The Morgan fingerprint density at radius 3 is 2.54 bits per heavy atom. The van der Waals surface area contributed by atoms with E-state index < -0.39 is 0 Å². The molecule has 0 aliphatic carbocycles. The number of para-hydroxylation sites is 1. The minimum atomic E-state index is -0.303. The van der Waals surface area contributed by atoms with E-state index in [-0.39, 0.29) is 12.5 Å². The Hall–Kier alpha value is -2.82. The lowest BCUT2D eigenvalue weighted by molar-refractivity contribution is -0.123. The van der Waals surface area contributed by atoms with E-state index in [1.165, 1.54) is 0 Å². The Balaban J connectivity index is 1.93. The average Bonchev–Trinajstić information content (AvgIpc) is 2.63. The Labute approximate surface area is 155 Å². The summed E-state index contributed by atoms with van der Waals surface area (Å²) in [7, 11) is 1.65. The highest BCUT2D eigenvalue weighted by Crippen LogP contribution is 2.25. The summed E-state index contributed by atoms with van der Waals surface area (Å²) in [6, 6.07) is 11.5. The molecule has 2 rings (SSSR count). The number of ether oxygens (including phenoxy) is 2. The molecule has 5 nitrogen and oxygen atoms in total. The van der Waals surface area contributed by atoms with Crippen LogP contribution in [0.4, 0.5) is 0 Å². The molecule has 0 spiro atoms. The van der Waals surface area contributed by atoms with Gasteiger partial charge in [-0.05, 0) is 60.2 Å². The number of rotatable bonds is 7. The molecule has 0 radical (unpaired) electrons. The highest BCUT2D eigenvalue weighted by atomic mass is 16.5. The standard InChI is InChI=1S/C21H26N2O3/c1-14(2)18-8-6-7-9-20(18)26-13-21(24)23-22-12-17-10-11-19(25-5)16(4)15(17)3/h6-12,14H,13H2,1-5H3,(H,23,24)/b22-12+. The van der Waals surface area contributed by atoms with Gasteiger partial charge in [0.25, 0.3) is 5.91 Å². The number of benzene rings is 2. The molecule has 0 aliphatic rings. The predicted molar refractivity (Wildman–Crippen MR) is 104 cm³/mol. The van der Waals surface area contributed by atoms with Gasteiger partial charge in [-0.3, -0.25) is 4.79 Å². The zero-order chi connectivity index (χ0) is 19.1. The van der Waals surface area contributed by atoms with Gasteiger partial charge >= 0.3 is 0 Å². The maximum Gasteiger partial charge on any atom is 0.277 e. The summed E-state index contributed by atoms with van der Waals surface area (Å²) in [4.78, 5) is 12.0. The Bertz CT molecular complexity index is 798. The molecule has 0 saturated heterocycles. The van der Waals surface area contributed by atoms with Gasteiger partial charge in [0.2, 0.25) is 0 Å². The minimum Gasteiger partial charge on any atom is -0.496 e. The number of hydrogen-bond donors (Lipinski definition) is 1. The van der Waals surface area contributed by atoms with Gasteiger partial charge < -0.3 is 9.47 Å². The summed E-state index contributed by atoms with van der Waals surface area (Å²) in [5, 5.41) is 4.02. The van der Waals surface area contributed by atoms with Gasteiger partial charge in [-0.2, -0.15) is 5.10 Å². The van der Waals surface area contributed by atoms with E-state index >= 15 is 0 Å². The van der Waals surface area contributed by atoms with Gasteiger partial charge in [0.1, 0.15) is 11.5 Å². The number of carbonyl (C=O) groups excluding carboxylic acids is 1. The first kappa shape index (κ1) is 19.5. The molecule has 138 valence electrons. The van der Waals surface area contributed by atoms with Crippen molar-refractivity contribution in [1.29, 1.82) is 0 Å². The number of amides is 1. The van der Waals surface area contributed by atoms with Gasteiger partial charge in [0.05, 0.1) is 13.3 Å². The third-order valence-corrected chi connectivity index (χ3v) is 4.29. The van der Waals surface area contributed by atoms with Crippen LogP contribution in [0.25, 0.3) is 0 Å². The second-order valence-corrected chi connectivity index (χ2v) is 6.38. The zero-order valence-electron chi connectivity index (χ0n) is 16.0.